The van der Waals surface area contributed by atoms with Gasteiger partial charge in [0, 0.05) is 6.42 Å². The smallest absolute Gasteiger partial charge is 0.411 e. The monoisotopic (exact) mass is 486 g/mol. The Labute approximate surface area is 210 Å². The molecular weight excluding hydrogens is 456 g/mol. The molecule has 7 nitrogen and oxygen atoms in total. The van der Waals surface area contributed by atoms with Crippen LogP contribution in [0.15, 0.2) is 84.9 Å². The zero-order valence-corrected chi connectivity index (χ0v) is 20.0. The highest BCUT2D eigenvalue weighted by Crippen LogP contribution is 2.25. The summed E-state index contributed by atoms with van der Waals surface area (Å²) in [4.78, 5) is 40.4. The normalized spacial score (nSPS) is 15.5. The molecule has 0 saturated heterocycles. The molecule has 1 aliphatic rings. The lowest BCUT2D eigenvalue weighted by atomic mass is 9.93. The van der Waals surface area contributed by atoms with Gasteiger partial charge in [-0.1, -0.05) is 84.9 Å². The molecular formula is C29H30N2O5. The van der Waals surface area contributed by atoms with Gasteiger partial charge < -0.3 is 15.2 Å². The third-order valence-corrected chi connectivity index (χ3v) is 6.42. The second-order valence-electron chi connectivity index (χ2n) is 8.87. The highest BCUT2D eigenvalue weighted by atomic mass is 16.6. The number of benzene rings is 3. The average Bonchev–Trinajstić information content (AvgIpc) is 2.93. The Morgan fingerprint density at radius 3 is 2.17 bits per heavy atom. The Bertz CT molecular complexity index is 1180. The Morgan fingerprint density at radius 1 is 0.889 bits per heavy atom. The van der Waals surface area contributed by atoms with E-state index in [2.05, 4.69) is 5.32 Å². The molecule has 0 spiro atoms. The quantitative estimate of drug-likeness (QED) is 0.483. The van der Waals surface area contributed by atoms with E-state index in [1.165, 1.54) is 4.90 Å². The highest BCUT2D eigenvalue weighted by molar-refractivity contribution is 5.93. The Kier molecular flexibility index (Phi) is 8.47. The topological polar surface area (TPSA) is 95.9 Å². The van der Waals surface area contributed by atoms with E-state index >= 15 is 0 Å². The molecule has 3 aromatic carbocycles. The lowest BCUT2D eigenvalue weighted by Gasteiger charge is -2.36. The SMILES string of the molecule is O=C(CO)C(CCc1ccccc1)NC(=O)C1Cc2ccccc2CN1C(=O)OCc1ccccc1. The molecule has 0 aromatic heterocycles. The molecule has 1 aliphatic heterocycles. The van der Waals surface area contributed by atoms with Gasteiger partial charge in [0.05, 0.1) is 12.6 Å². The van der Waals surface area contributed by atoms with Crippen molar-refractivity contribution in [2.45, 2.75) is 44.5 Å². The fourth-order valence-corrected chi connectivity index (χ4v) is 4.40. The van der Waals surface area contributed by atoms with Crippen molar-refractivity contribution >= 4 is 17.8 Å². The number of hydrogen-bond donors (Lipinski definition) is 2. The van der Waals surface area contributed by atoms with Crippen molar-refractivity contribution in [3.05, 3.63) is 107 Å². The van der Waals surface area contributed by atoms with Crippen LogP contribution in [0.2, 0.25) is 0 Å². The van der Waals surface area contributed by atoms with Gasteiger partial charge >= 0.3 is 6.09 Å². The Morgan fingerprint density at radius 2 is 1.50 bits per heavy atom. The highest BCUT2D eigenvalue weighted by Gasteiger charge is 2.37. The third kappa shape index (κ3) is 6.37. The summed E-state index contributed by atoms with van der Waals surface area (Å²) in [6.45, 7) is -0.352. The predicted molar refractivity (Wildman–Crippen MR) is 135 cm³/mol. The third-order valence-electron chi connectivity index (χ3n) is 6.42. The van der Waals surface area contributed by atoms with E-state index < -0.39 is 36.5 Å². The van der Waals surface area contributed by atoms with Crippen molar-refractivity contribution < 1.29 is 24.2 Å². The average molecular weight is 487 g/mol. The van der Waals surface area contributed by atoms with Gasteiger partial charge in [-0.3, -0.25) is 14.5 Å². The van der Waals surface area contributed by atoms with Crippen LogP contribution in [0.5, 0.6) is 0 Å². The van der Waals surface area contributed by atoms with E-state index in [1.54, 1.807) is 0 Å². The number of aliphatic hydroxyl groups is 1. The maximum atomic E-state index is 13.4. The zero-order valence-electron chi connectivity index (χ0n) is 20.0. The number of aryl methyl sites for hydroxylation is 1. The fraction of sp³-hybridized carbons (Fsp3) is 0.276. The van der Waals surface area contributed by atoms with Crippen LogP contribution in [0.3, 0.4) is 0 Å². The number of fused-ring (bicyclic) bond motifs is 1. The lowest BCUT2D eigenvalue weighted by Crippen LogP contribution is -2.55. The first-order valence-electron chi connectivity index (χ1n) is 12.1. The summed E-state index contributed by atoms with van der Waals surface area (Å²) < 4.78 is 5.54. The maximum absolute atomic E-state index is 13.4. The number of rotatable bonds is 9. The van der Waals surface area contributed by atoms with Gasteiger partial charge in [0.1, 0.15) is 19.3 Å². The van der Waals surface area contributed by atoms with Crippen LogP contribution in [0.1, 0.15) is 28.7 Å². The summed E-state index contributed by atoms with van der Waals surface area (Å²) in [5.74, 6) is -0.908. The number of aliphatic hydroxyl groups excluding tert-OH is 1. The van der Waals surface area contributed by atoms with E-state index in [-0.39, 0.29) is 13.2 Å². The molecule has 4 rings (SSSR count). The lowest BCUT2D eigenvalue weighted by molar-refractivity contribution is -0.132. The molecule has 7 heteroatoms. The number of Topliss-reactive ketones (excluding diaryl/α,β-unsaturated/α-hetero) is 1. The number of ketones is 1. The number of carbonyl (C=O) groups is 3. The fourth-order valence-electron chi connectivity index (χ4n) is 4.40. The number of nitrogens with zero attached hydrogens (tertiary/aromatic N) is 1. The van der Waals surface area contributed by atoms with Crippen molar-refractivity contribution in [1.82, 2.24) is 10.2 Å². The molecule has 186 valence electrons. The summed E-state index contributed by atoms with van der Waals surface area (Å²) in [6.07, 6.45) is 0.620. The van der Waals surface area contributed by atoms with Gasteiger partial charge in [-0.2, -0.15) is 0 Å². The van der Waals surface area contributed by atoms with E-state index in [0.29, 0.717) is 19.3 Å². The molecule has 3 aromatic rings. The van der Waals surface area contributed by atoms with Crippen LogP contribution in [-0.2, 0) is 40.3 Å². The molecule has 0 bridgehead atoms. The zero-order chi connectivity index (χ0) is 25.3. The number of amides is 2. The second kappa shape index (κ2) is 12.1. The van der Waals surface area contributed by atoms with Gasteiger partial charge in [0.15, 0.2) is 5.78 Å². The molecule has 1 heterocycles. The van der Waals surface area contributed by atoms with Crippen LogP contribution in [0, 0.1) is 0 Å². The summed E-state index contributed by atoms with van der Waals surface area (Å²) in [5.41, 5.74) is 3.79. The summed E-state index contributed by atoms with van der Waals surface area (Å²) >= 11 is 0. The molecule has 2 N–H and O–H groups in total. The van der Waals surface area contributed by atoms with Crippen molar-refractivity contribution in [2.24, 2.45) is 0 Å². The molecule has 2 atom stereocenters. The number of nitrogens with one attached hydrogen (secondary N) is 1. The first-order valence-corrected chi connectivity index (χ1v) is 12.1. The minimum Gasteiger partial charge on any atom is -0.445 e. The molecule has 0 aliphatic carbocycles. The van der Waals surface area contributed by atoms with Crippen molar-refractivity contribution in [3.8, 4) is 0 Å². The standard InChI is InChI=1S/C29H30N2O5/c32-19-27(33)25(16-15-21-9-3-1-4-10-21)30-28(34)26-17-23-13-7-8-14-24(23)18-31(26)29(35)36-20-22-11-5-2-6-12-22/h1-14,25-26,32H,15-20H2,(H,30,34). The summed E-state index contributed by atoms with van der Waals surface area (Å²) in [6, 6.07) is 24.9. The Balaban J connectivity index is 1.49. The van der Waals surface area contributed by atoms with E-state index in [9.17, 15) is 19.5 Å². The largest absolute Gasteiger partial charge is 0.445 e. The Hall–Kier alpha value is -3.97. The summed E-state index contributed by atoms with van der Waals surface area (Å²) in [7, 11) is 0. The van der Waals surface area contributed by atoms with Crippen LogP contribution in [0.25, 0.3) is 0 Å². The van der Waals surface area contributed by atoms with Crippen LogP contribution in [-0.4, -0.2) is 46.5 Å². The van der Waals surface area contributed by atoms with E-state index in [0.717, 1.165) is 22.3 Å². The molecule has 36 heavy (non-hydrogen) atoms. The summed E-state index contributed by atoms with van der Waals surface area (Å²) in [5, 5.41) is 12.3. The molecule has 0 radical (unpaired) electrons. The van der Waals surface area contributed by atoms with Crippen molar-refractivity contribution in [3.63, 3.8) is 0 Å². The van der Waals surface area contributed by atoms with Gasteiger partial charge in [-0.25, -0.2) is 4.79 Å². The number of carbonyl (C=O) groups excluding carboxylic acids is 3. The molecule has 0 saturated carbocycles. The molecule has 2 amide bonds. The molecule has 2 unspecified atom stereocenters. The van der Waals surface area contributed by atoms with Gasteiger partial charge in [-0.15, -0.1) is 0 Å². The number of ether oxygens (including phenoxy) is 1. The van der Waals surface area contributed by atoms with Gasteiger partial charge in [-0.05, 0) is 35.1 Å². The predicted octanol–water partition coefficient (Wildman–Crippen LogP) is 3.43. The minimum absolute atomic E-state index is 0.0921. The molecule has 0 fully saturated rings. The first kappa shape index (κ1) is 25.1. The first-order chi connectivity index (χ1) is 17.5. The maximum Gasteiger partial charge on any atom is 0.411 e. The van der Waals surface area contributed by atoms with Gasteiger partial charge in [0.2, 0.25) is 5.91 Å². The number of hydrogen-bond acceptors (Lipinski definition) is 5. The van der Waals surface area contributed by atoms with E-state index in [4.69, 9.17) is 4.74 Å². The van der Waals surface area contributed by atoms with E-state index in [1.807, 2.05) is 84.9 Å². The van der Waals surface area contributed by atoms with Crippen molar-refractivity contribution in [2.75, 3.05) is 6.61 Å². The van der Waals surface area contributed by atoms with Crippen LogP contribution in [0.4, 0.5) is 4.79 Å². The van der Waals surface area contributed by atoms with Crippen LogP contribution < -0.4 is 5.32 Å². The van der Waals surface area contributed by atoms with Gasteiger partial charge in [0.25, 0.3) is 0 Å². The van der Waals surface area contributed by atoms with Crippen molar-refractivity contribution in [1.29, 1.82) is 0 Å². The van der Waals surface area contributed by atoms with Crippen LogP contribution >= 0.6 is 0 Å². The minimum atomic E-state index is -0.859. The second-order valence-corrected chi connectivity index (χ2v) is 8.87.